The summed E-state index contributed by atoms with van der Waals surface area (Å²) in [5.41, 5.74) is 4.03. The Morgan fingerprint density at radius 3 is 2.42 bits per heavy atom. The van der Waals surface area contributed by atoms with E-state index in [1.165, 1.54) is 5.56 Å². The van der Waals surface area contributed by atoms with Gasteiger partial charge in [0.2, 0.25) is 0 Å². The van der Waals surface area contributed by atoms with Crippen molar-refractivity contribution in [3.8, 4) is 0 Å². The highest BCUT2D eigenvalue weighted by atomic mass is 35.5. The fraction of sp³-hybridized carbons (Fsp3) is 0.188. The van der Waals surface area contributed by atoms with Crippen LogP contribution in [0.1, 0.15) is 21.5 Å². The van der Waals surface area contributed by atoms with Gasteiger partial charge in [0.15, 0.2) is 0 Å². The maximum atomic E-state index is 10.8. The van der Waals surface area contributed by atoms with Crippen LogP contribution in [0.2, 0.25) is 5.02 Å². The summed E-state index contributed by atoms with van der Waals surface area (Å²) >= 11 is 5.87. The lowest BCUT2D eigenvalue weighted by Gasteiger charge is -2.20. The molecule has 0 radical (unpaired) electrons. The van der Waals surface area contributed by atoms with Crippen LogP contribution >= 0.6 is 11.6 Å². The number of benzene rings is 2. The molecule has 0 aliphatic carbocycles. The molecule has 0 aliphatic heterocycles. The highest BCUT2D eigenvalue weighted by Gasteiger charge is 2.04. The first-order valence-electron chi connectivity index (χ1n) is 6.11. The minimum atomic E-state index is 0.739. The predicted octanol–water partition coefficient (Wildman–Crippen LogP) is 4.10. The van der Waals surface area contributed by atoms with Crippen molar-refractivity contribution in [3.63, 3.8) is 0 Å². The Bertz CT molecular complexity index is 578. The topological polar surface area (TPSA) is 20.3 Å². The van der Waals surface area contributed by atoms with E-state index in [9.17, 15) is 4.79 Å². The number of nitrogens with zero attached hydrogens (tertiary/aromatic N) is 1. The van der Waals surface area contributed by atoms with E-state index in [0.717, 1.165) is 34.7 Å². The number of carbonyl (C=O) groups is 1. The summed E-state index contributed by atoms with van der Waals surface area (Å²) in [6.07, 6.45) is 0.887. The van der Waals surface area contributed by atoms with Gasteiger partial charge < -0.3 is 4.90 Å². The van der Waals surface area contributed by atoms with Crippen LogP contribution in [-0.4, -0.2) is 13.3 Å². The molecule has 0 N–H and O–H groups in total. The summed E-state index contributed by atoms with van der Waals surface area (Å²) < 4.78 is 0. The van der Waals surface area contributed by atoms with Gasteiger partial charge in [0.1, 0.15) is 6.29 Å². The predicted molar refractivity (Wildman–Crippen MR) is 80.1 cm³/mol. The largest absolute Gasteiger partial charge is 0.370 e. The van der Waals surface area contributed by atoms with E-state index < -0.39 is 0 Å². The third-order valence-electron chi connectivity index (χ3n) is 3.15. The lowest BCUT2D eigenvalue weighted by Crippen LogP contribution is -2.16. The molecule has 98 valence electrons. The molecule has 0 fully saturated rings. The molecule has 19 heavy (non-hydrogen) atoms. The molecule has 0 aliphatic rings. The number of anilines is 1. The summed E-state index contributed by atoms with van der Waals surface area (Å²) in [4.78, 5) is 12.9. The van der Waals surface area contributed by atoms with Crippen molar-refractivity contribution < 1.29 is 4.79 Å². The molecule has 0 amide bonds. The van der Waals surface area contributed by atoms with Gasteiger partial charge in [-0.3, -0.25) is 4.79 Å². The highest BCUT2D eigenvalue weighted by molar-refractivity contribution is 6.30. The Hall–Kier alpha value is -1.80. The normalized spacial score (nSPS) is 10.3. The number of halogens is 1. The molecule has 3 heteroatoms. The molecule has 0 atom stereocenters. The molecule has 2 aromatic carbocycles. The highest BCUT2D eigenvalue weighted by Crippen LogP contribution is 2.19. The molecule has 0 heterocycles. The second kappa shape index (κ2) is 5.89. The van der Waals surface area contributed by atoms with E-state index in [1.807, 2.05) is 56.4 Å². The van der Waals surface area contributed by atoms with E-state index in [2.05, 4.69) is 4.90 Å². The van der Waals surface area contributed by atoms with Crippen LogP contribution in [0.5, 0.6) is 0 Å². The van der Waals surface area contributed by atoms with E-state index >= 15 is 0 Å². The van der Waals surface area contributed by atoms with Gasteiger partial charge in [-0.15, -0.1) is 0 Å². The maximum Gasteiger partial charge on any atom is 0.150 e. The minimum Gasteiger partial charge on any atom is -0.370 e. The summed E-state index contributed by atoms with van der Waals surface area (Å²) in [6.45, 7) is 2.75. The second-order valence-electron chi connectivity index (χ2n) is 4.64. The van der Waals surface area contributed by atoms with Crippen molar-refractivity contribution in [2.45, 2.75) is 13.5 Å². The van der Waals surface area contributed by atoms with Crippen molar-refractivity contribution >= 4 is 23.6 Å². The van der Waals surface area contributed by atoms with Gasteiger partial charge in [0.25, 0.3) is 0 Å². The number of aryl methyl sites for hydroxylation is 1. The molecule has 0 saturated heterocycles. The first kappa shape index (κ1) is 13.6. The summed E-state index contributed by atoms with van der Waals surface area (Å²) in [5.74, 6) is 0. The Morgan fingerprint density at radius 1 is 1.16 bits per heavy atom. The van der Waals surface area contributed by atoms with Crippen molar-refractivity contribution in [3.05, 3.63) is 64.2 Å². The Labute approximate surface area is 118 Å². The molecule has 2 rings (SSSR count). The van der Waals surface area contributed by atoms with E-state index in [1.54, 1.807) is 0 Å². The minimum absolute atomic E-state index is 0.739. The summed E-state index contributed by atoms with van der Waals surface area (Å²) in [6, 6.07) is 13.7. The first-order valence-corrected chi connectivity index (χ1v) is 6.49. The fourth-order valence-electron chi connectivity index (χ4n) is 1.98. The molecule has 2 aromatic rings. The van der Waals surface area contributed by atoms with Gasteiger partial charge >= 0.3 is 0 Å². The van der Waals surface area contributed by atoms with E-state index in [0.29, 0.717) is 0 Å². The van der Waals surface area contributed by atoms with Gasteiger partial charge in [-0.2, -0.15) is 0 Å². The zero-order valence-corrected chi connectivity index (χ0v) is 11.8. The van der Waals surface area contributed by atoms with Gasteiger partial charge in [0, 0.05) is 29.9 Å². The van der Waals surface area contributed by atoms with Crippen molar-refractivity contribution in [1.29, 1.82) is 0 Å². The summed E-state index contributed by atoms with van der Waals surface area (Å²) in [5, 5.41) is 0.748. The van der Waals surface area contributed by atoms with Crippen LogP contribution in [0.4, 0.5) is 5.69 Å². The zero-order valence-electron chi connectivity index (χ0n) is 11.1. The average molecular weight is 274 g/mol. The number of carbonyl (C=O) groups excluding carboxylic acids is 1. The monoisotopic (exact) mass is 273 g/mol. The van der Waals surface area contributed by atoms with Crippen molar-refractivity contribution in [2.24, 2.45) is 0 Å². The maximum absolute atomic E-state index is 10.8. The number of rotatable bonds is 4. The molecule has 0 spiro atoms. The van der Waals surface area contributed by atoms with Crippen LogP contribution in [0.15, 0.2) is 42.5 Å². The van der Waals surface area contributed by atoms with Crippen molar-refractivity contribution in [1.82, 2.24) is 0 Å². The smallest absolute Gasteiger partial charge is 0.150 e. The van der Waals surface area contributed by atoms with Gasteiger partial charge in [-0.1, -0.05) is 23.7 Å². The molecule has 2 nitrogen and oxygen atoms in total. The molecular weight excluding hydrogens is 258 g/mol. The number of aldehydes is 1. The third kappa shape index (κ3) is 3.36. The number of hydrogen-bond acceptors (Lipinski definition) is 2. The average Bonchev–Trinajstić information content (AvgIpc) is 2.41. The fourth-order valence-corrected chi connectivity index (χ4v) is 2.11. The summed E-state index contributed by atoms with van der Waals surface area (Å²) in [7, 11) is 2.03. The van der Waals surface area contributed by atoms with Crippen LogP contribution in [0.25, 0.3) is 0 Å². The van der Waals surface area contributed by atoms with Crippen LogP contribution in [0, 0.1) is 6.92 Å². The lowest BCUT2D eigenvalue weighted by atomic mass is 10.1. The Balaban J connectivity index is 2.15. The molecule has 0 saturated carbocycles. The molecule has 0 bridgehead atoms. The van der Waals surface area contributed by atoms with Crippen molar-refractivity contribution in [2.75, 3.05) is 11.9 Å². The van der Waals surface area contributed by atoms with Crippen LogP contribution in [-0.2, 0) is 6.54 Å². The second-order valence-corrected chi connectivity index (χ2v) is 5.08. The first-order chi connectivity index (χ1) is 9.10. The van der Waals surface area contributed by atoms with Crippen LogP contribution < -0.4 is 4.90 Å². The molecular formula is C16H16ClNO. The number of hydrogen-bond donors (Lipinski definition) is 0. The Morgan fingerprint density at radius 2 is 1.84 bits per heavy atom. The van der Waals surface area contributed by atoms with Gasteiger partial charge in [-0.25, -0.2) is 0 Å². The van der Waals surface area contributed by atoms with E-state index in [4.69, 9.17) is 11.6 Å². The SMILES string of the molecule is Cc1cc(N(C)Cc2ccc(Cl)cc2)ccc1C=O. The van der Waals surface area contributed by atoms with Gasteiger partial charge in [0.05, 0.1) is 0 Å². The standard InChI is InChI=1S/C16H16ClNO/c1-12-9-16(8-5-14(12)11-19)18(2)10-13-3-6-15(17)7-4-13/h3-9,11H,10H2,1-2H3. The third-order valence-corrected chi connectivity index (χ3v) is 3.41. The van der Waals surface area contributed by atoms with E-state index in [-0.39, 0.29) is 0 Å². The molecule has 0 unspecified atom stereocenters. The zero-order chi connectivity index (χ0) is 13.8. The van der Waals surface area contributed by atoms with Gasteiger partial charge in [-0.05, 0) is 48.4 Å². The van der Waals surface area contributed by atoms with Crippen LogP contribution in [0.3, 0.4) is 0 Å². The lowest BCUT2D eigenvalue weighted by molar-refractivity contribution is 0.112. The Kier molecular flexibility index (Phi) is 4.23. The molecule has 0 aromatic heterocycles. The quantitative estimate of drug-likeness (QED) is 0.782.